The fourth-order valence-electron chi connectivity index (χ4n) is 2.38. The summed E-state index contributed by atoms with van der Waals surface area (Å²) in [6, 6.07) is 8.14. The molecule has 2 heterocycles. The van der Waals surface area contributed by atoms with Crippen molar-refractivity contribution in [3.05, 3.63) is 65.8 Å². The molecule has 0 aliphatic rings. The van der Waals surface area contributed by atoms with Crippen LogP contribution in [0.25, 0.3) is 16.4 Å². The molecule has 10 heteroatoms. The van der Waals surface area contributed by atoms with Crippen molar-refractivity contribution in [2.45, 2.75) is 6.18 Å². The average Bonchev–Trinajstić information content (AvgIpc) is 3.37. The Kier molecular flexibility index (Phi) is 6.45. The van der Waals surface area contributed by atoms with E-state index in [1.807, 2.05) is 0 Å². The van der Waals surface area contributed by atoms with Crippen LogP contribution in [-0.4, -0.2) is 40.6 Å². The van der Waals surface area contributed by atoms with Crippen LogP contribution in [0.1, 0.15) is 16.2 Å². The van der Waals surface area contributed by atoms with Crippen LogP contribution in [0.5, 0.6) is 0 Å². The summed E-state index contributed by atoms with van der Waals surface area (Å²) in [5.41, 5.74) is -0.699. The molecule has 6 nitrogen and oxygen atoms in total. The smallest absolute Gasteiger partial charge is 0.416 e. The fraction of sp³-hybridized carbons (Fsp3) is 0.211. The second-order valence-electron chi connectivity index (χ2n) is 5.70. The second kappa shape index (κ2) is 9.01. The number of esters is 1. The molecule has 0 radical (unpaired) electrons. The molecule has 0 N–H and O–H groups in total. The van der Waals surface area contributed by atoms with Crippen LogP contribution >= 0.6 is 11.3 Å². The number of carbonyl (C=O) groups excluding carboxylic acids is 1. The largest absolute Gasteiger partial charge is 0.457 e. The van der Waals surface area contributed by atoms with Crippen molar-refractivity contribution in [1.82, 2.24) is 14.8 Å². The minimum atomic E-state index is -4.51. The zero-order valence-corrected chi connectivity index (χ0v) is 15.9. The van der Waals surface area contributed by atoms with Crippen LogP contribution in [0.2, 0.25) is 0 Å². The predicted octanol–water partition coefficient (Wildman–Crippen LogP) is 4.37. The number of hydrogen-bond acceptors (Lipinski definition) is 6. The summed E-state index contributed by atoms with van der Waals surface area (Å²) in [6.07, 6.45) is -2.94. The summed E-state index contributed by atoms with van der Waals surface area (Å²) >= 11 is 1.32. The molecule has 0 spiro atoms. The zero-order valence-electron chi connectivity index (χ0n) is 15.1. The Hall–Kier alpha value is -2.98. The second-order valence-corrected chi connectivity index (χ2v) is 6.64. The molecule has 0 aliphatic carbocycles. The average molecular weight is 423 g/mol. The monoisotopic (exact) mass is 423 g/mol. The summed E-state index contributed by atoms with van der Waals surface area (Å²) in [5.74, 6) is -0.806. The highest BCUT2D eigenvalue weighted by Gasteiger charge is 2.31. The first kappa shape index (κ1) is 20.7. The Morgan fingerprint density at radius 3 is 2.76 bits per heavy atom. The van der Waals surface area contributed by atoms with Gasteiger partial charge in [-0.3, -0.25) is 0 Å². The number of rotatable bonds is 8. The molecular formula is C19H16F3N3O3S. The van der Waals surface area contributed by atoms with Gasteiger partial charge >= 0.3 is 12.1 Å². The van der Waals surface area contributed by atoms with Crippen molar-refractivity contribution < 1.29 is 27.4 Å². The summed E-state index contributed by atoms with van der Waals surface area (Å²) in [6.45, 7) is 3.98. The zero-order chi connectivity index (χ0) is 20.9. The Balaban J connectivity index is 1.91. The number of thiophene rings is 1. The maximum atomic E-state index is 13.1. The summed E-state index contributed by atoms with van der Waals surface area (Å²) in [7, 11) is 0. The van der Waals surface area contributed by atoms with Crippen LogP contribution in [0, 0.1) is 0 Å². The predicted molar refractivity (Wildman–Crippen MR) is 101 cm³/mol. The van der Waals surface area contributed by atoms with E-state index < -0.39 is 17.7 Å². The first-order valence-electron chi connectivity index (χ1n) is 8.44. The van der Waals surface area contributed by atoms with E-state index in [0.29, 0.717) is 11.5 Å². The molecule has 0 unspecified atom stereocenters. The summed E-state index contributed by atoms with van der Waals surface area (Å²) in [4.78, 5) is 17.1. The number of hydrogen-bond donors (Lipinski definition) is 0. The van der Waals surface area contributed by atoms with Gasteiger partial charge in [-0.2, -0.15) is 18.2 Å². The number of benzene rings is 1. The molecule has 1 aromatic carbocycles. The summed E-state index contributed by atoms with van der Waals surface area (Å²) < 4.78 is 50.6. The van der Waals surface area contributed by atoms with E-state index in [1.165, 1.54) is 28.2 Å². The third-order valence-corrected chi connectivity index (χ3v) is 4.51. The van der Waals surface area contributed by atoms with E-state index >= 15 is 0 Å². The first-order valence-corrected chi connectivity index (χ1v) is 9.32. The van der Waals surface area contributed by atoms with Gasteiger partial charge in [-0.05, 0) is 29.6 Å². The van der Waals surface area contributed by atoms with E-state index in [-0.39, 0.29) is 30.5 Å². The standard InChI is InChI=1S/C19H16F3N3O3S/c1-2-8-27-9-10-28-18(26)16-23-17(15-7-4-11-29-15)25(24-16)14-6-3-5-13(12-14)19(20,21)22/h2-7,11-12H,1,8-10H2. The Labute approximate surface area is 168 Å². The molecular weight excluding hydrogens is 407 g/mol. The minimum Gasteiger partial charge on any atom is -0.457 e. The topological polar surface area (TPSA) is 66.2 Å². The molecule has 3 rings (SSSR count). The molecule has 0 saturated heterocycles. The fourth-order valence-corrected chi connectivity index (χ4v) is 3.08. The molecule has 0 atom stereocenters. The van der Waals surface area contributed by atoms with Crippen LogP contribution in [-0.2, 0) is 15.7 Å². The Morgan fingerprint density at radius 2 is 2.07 bits per heavy atom. The van der Waals surface area contributed by atoms with E-state index in [2.05, 4.69) is 16.7 Å². The van der Waals surface area contributed by atoms with E-state index in [1.54, 1.807) is 23.6 Å². The Morgan fingerprint density at radius 1 is 1.24 bits per heavy atom. The van der Waals surface area contributed by atoms with Gasteiger partial charge < -0.3 is 9.47 Å². The van der Waals surface area contributed by atoms with Gasteiger partial charge in [-0.25, -0.2) is 9.48 Å². The Bertz CT molecular complexity index is 984. The summed E-state index contributed by atoms with van der Waals surface area (Å²) in [5, 5.41) is 5.88. The number of alkyl halides is 3. The lowest BCUT2D eigenvalue weighted by Gasteiger charge is -2.09. The van der Waals surface area contributed by atoms with Gasteiger partial charge in [0.2, 0.25) is 0 Å². The third-order valence-electron chi connectivity index (χ3n) is 3.65. The van der Waals surface area contributed by atoms with Crippen LogP contribution in [0.15, 0.2) is 54.4 Å². The first-order chi connectivity index (χ1) is 13.9. The van der Waals surface area contributed by atoms with Gasteiger partial charge in [-0.1, -0.05) is 18.2 Å². The van der Waals surface area contributed by atoms with E-state index in [0.717, 1.165) is 12.1 Å². The minimum absolute atomic E-state index is 0.0148. The van der Waals surface area contributed by atoms with Gasteiger partial charge in [0.05, 0.1) is 29.3 Å². The maximum absolute atomic E-state index is 13.1. The van der Waals surface area contributed by atoms with Crippen molar-refractivity contribution in [2.24, 2.45) is 0 Å². The normalized spacial score (nSPS) is 11.4. The van der Waals surface area contributed by atoms with Gasteiger partial charge in [0.15, 0.2) is 5.82 Å². The van der Waals surface area contributed by atoms with Crippen molar-refractivity contribution >= 4 is 17.3 Å². The molecule has 29 heavy (non-hydrogen) atoms. The SMILES string of the molecule is C=CCOCCOC(=O)c1nc(-c2cccs2)n(-c2cccc(C(F)(F)F)c2)n1. The molecule has 0 bridgehead atoms. The van der Waals surface area contributed by atoms with Crippen LogP contribution < -0.4 is 0 Å². The highest BCUT2D eigenvalue weighted by Crippen LogP contribution is 2.32. The van der Waals surface area contributed by atoms with Crippen LogP contribution in [0.3, 0.4) is 0 Å². The highest BCUT2D eigenvalue weighted by molar-refractivity contribution is 7.13. The maximum Gasteiger partial charge on any atom is 0.416 e. The van der Waals surface area contributed by atoms with E-state index in [9.17, 15) is 18.0 Å². The van der Waals surface area contributed by atoms with Gasteiger partial charge in [0, 0.05) is 0 Å². The van der Waals surface area contributed by atoms with Gasteiger partial charge in [0.1, 0.15) is 6.61 Å². The molecule has 152 valence electrons. The van der Waals surface area contributed by atoms with Crippen molar-refractivity contribution in [2.75, 3.05) is 19.8 Å². The number of carbonyl (C=O) groups is 1. The molecule has 0 aliphatic heterocycles. The lowest BCUT2D eigenvalue weighted by atomic mass is 10.2. The molecule has 0 amide bonds. The van der Waals surface area contributed by atoms with Crippen molar-refractivity contribution in [3.8, 4) is 16.4 Å². The molecule has 2 aromatic heterocycles. The van der Waals surface area contributed by atoms with Gasteiger partial charge in [-0.15, -0.1) is 23.0 Å². The lowest BCUT2D eigenvalue weighted by molar-refractivity contribution is -0.137. The third kappa shape index (κ3) is 5.09. The molecule has 0 saturated carbocycles. The van der Waals surface area contributed by atoms with Gasteiger partial charge in [0.25, 0.3) is 5.82 Å². The van der Waals surface area contributed by atoms with Crippen LogP contribution in [0.4, 0.5) is 13.2 Å². The number of nitrogens with zero attached hydrogens (tertiary/aromatic N) is 3. The van der Waals surface area contributed by atoms with E-state index in [4.69, 9.17) is 9.47 Å². The lowest BCUT2D eigenvalue weighted by Crippen LogP contribution is -2.13. The van der Waals surface area contributed by atoms with Crippen molar-refractivity contribution in [3.63, 3.8) is 0 Å². The molecule has 3 aromatic rings. The number of halogens is 3. The highest BCUT2D eigenvalue weighted by atomic mass is 32.1. The number of aromatic nitrogens is 3. The quantitative estimate of drug-likeness (QED) is 0.306. The van der Waals surface area contributed by atoms with Crippen molar-refractivity contribution in [1.29, 1.82) is 0 Å². The molecule has 0 fully saturated rings. The number of ether oxygens (including phenoxy) is 2.